The molecule has 20 heavy (non-hydrogen) atoms. The van der Waals surface area contributed by atoms with Crippen molar-refractivity contribution in [1.82, 2.24) is 5.32 Å². The molecule has 0 amide bonds. The van der Waals surface area contributed by atoms with Gasteiger partial charge < -0.3 is 10.2 Å². The Balaban J connectivity index is 2.60. The van der Waals surface area contributed by atoms with Crippen molar-refractivity contribution in [1.29, 1.82) is 0 Å². The Kier molecular flexibility index (Phi) is 3.96. The standard InChI is InChI=1S/C12H17N3O4S/c1-3-14(9-7-13-8-9)10-5-4-6-11(20(2,18)19)12(10)15(16)17/h4-6,9,13H,3,7-8H2,1-2H3. The molecule has 0 radical (unpaired) electrons. The summed E-state index contributed by atoms with van der Waals surface area (Å²) < 4.78 is 23.5. The Morgan fingerprint density at radius 3 is 2.50 bits per heavy atom. The first-order chi connectivity index (χ1) is 9.36. The Hall–Kier alpha value is -1.67. The van der Waals surface area contributed by atoms with Crippen molar-refractivity contribution in [3.05, 3.63) is 28.3 Å². The van der Waals surface area contributed by atoms with Crippen LogP contribution < -0.4 is 10.2 Å². The molecule has 0 aromatic heterocycles. The van der Waals surface area contributed by atoms with Crippen molar-refractivity contribution in [2.24, 2.45) is 0 Å². The van der Waals surface area contributed by atoms with E-state index in [1.807, 2.05) is 11.8 Å². The summed E-state index contributed by atoms with van der Waals surface area (Å²) in [6.07, 6.45) is 0.986. The topological polar surface area (TPSA) is 92.5 Å². The molecule has 2 rings (SSSR count). The predicted molar refractivity (Wildman–Crippen MR) is 75.9 cm³/mol. The molecule has 1 aliphatic heterocycles. The van der Waals surface area contributed by atoms with Crippen LogP contribution in [-0.4, -0.2) is 45.3 Å². The number of likely N-dealkylation sites (N-methyl/N-ethyl adjacent to an activating group) is 1. The first kappa shape index (κ1) is 14.7. The lowest BCUT2D eigenvalue weighted by Crippen LogP contribution is -2.57. The molecule has 1 N–H and O–H groups in total. The van der Waals surface area contributed by atoms with Crippen molar-refractivity contribution < 1.29 is 13.3 Å². The zero-order chi connectivity index (χ0) is 14.9. The summed E-state index contributed by atoms with van der Waals surface area (Å²) >= 11 is 0. The minimum atomic E-state index is -3.64. The molecule has 0 atom stereocenters. The molecule has 1 aromatic carbocycles. The first-order valence-electron chi connectivity index (χ1n) is 6.31. The predicted octanol–water partition coefficient (Wildman–Crippen LogP) is 0.796. The van der Waals surface area contributed by atoms with Crippen LogP contribution >= 0.6 is 0 Å². The summed E-state index contributed by atoms with van der Waals surface area (Å²) in [6.45, 7) is 3.97. The molecule has 0 unspecified atom stereocenters. The van der Waals surface area contributed by atoms with Gasteiger partial charge in [-0.3, -0.25) is 10.1 Å². The summed E-state index contributed by atoms with van der Waals surface area (Å²) in [4.78, 5) is 12.4. The maximum atomic E-state index is 11.7. The lowest BCUT2D eigenvalue weighted by Gasteiger charge is -2.39. The fourth-order valence-corrected chi connectivity index (χ4v) is 3.20. The van der Waals surface area contributed by atoms with Crippen LogP contribution in [0.25, 0.3) is 0 Å². The highest BCUT2D eigenvalue weighted by Gasteiger charge is 2.32. The number of rotatable bonds is 5. The maximum absolute atomic E-state index is 11.7. The van der Waals surface area contributed by atoms with Crippen LogP contribution in [0, 0.1) is 10.1 Å². The Labute approximate surface area is 117 Å². The van der Waals surface area contributed by atoms with E-state index in [1.165, 1.54) is 6.07 Å². The molecule has 0 saturated carbocycles. The number of nitrogens with zero attached hydrogens (tertiary/aromatic N) is 2. The van der Waals surface area contributed by atoms with Gasteiger partial charge in [-0.15, -0.1) is 0 Å². The van der Waals surface area contributed by atoms with Gasteiger partial charge in [-0.05, 0) is 19.1 Å². The SMILES string of the molecule is CCN(c1cccc(S(C)(=O)=O)c1[N+](=O)[O-])C1CNC1. The second kappa shape index (κ2) is 5.37. The van der Waals surface area contributed by atoms with E-state index < -0.39 is 14.8 Å². The van der Waals surface area contributed by atoms with Crippen LogP contribution in [0.1, 0.15) is 6.92 Å². The third kappa shape index (κ3) is 2.61. The van der Waals surface area contributed by atoms with Crippen molar-refractivity contribution in [3.63, 3.8) is 0 Å². The van der Waals surface area contributed by atoms with Crippen molar-refractivity contribution in [2.75, 3.05) is 30.8 Å². The van der Waals surface area contributed by atoms with Crippen LogP contribution in [0.5, 0.6) is 0 Å². The third-order valence-electron chi connectivity index (χ3n) is 3.41. The van der Waals surface area contributed by atoms with E-state index in [4.69, 9.17) is 0 Å². The second-order valence-electron chi connectivity index (χ2n) is 4.75. The molecule has 0 spiro atoms. The number of hydrogen-bond donors (Lipinski definition) is 1. The van der Waals surface area contributed by atoms with Gasteiger partial charge >= 0.3 is 5.69 Å². The smallest absolute Gasteiger partial charge is 0.311 e. The molecule has 1 aliphatic rings. The molecule has 8 heteroatoms. The van der Waals surface area contributed by atoms with Crippen LogP contribution in [0.15, 0.2) is 23.1 Å². The summed E-state index contributed by atoms with van der Waals surface area (Å²) in [5.41, 5.74) is 0.0377. The quantitative estimate of drug-likeness (QED) is 0.638. The molecular weight excluding hydrogens is 282 g/mol. The number of nitrogens with one attached hydrogen (secondary N) is 1. The zero-order valence-corrected chi connectivity index (χ0v) is 12.2. The van der Waals surface area contributed by atoms with Crippen molar-refractivity contribution in [3.8, 4) is 0 Å². The summed E-state index contributed by atoms with van der Waals surface area (Å²) in [5.74, 6) is 0. The monoisotopic (exact) mass is 299 g/mol. The van der Waals surface area contributed by atoms with E-state index in [0.717, 1.165) is 19.3 Å². The van der Waals surface area contributed by atoms with Gasteiger partial charge in [0.05, 0.1) is 11.0 Å². The van der Waals surface area contributed by atoms with Gasteiger partial charge in [0.1, 0.15) is 10.6 Å². The normalized spacial score (nSPS) is 15.7. The average molecular weight is 299 g/mol. The van der Waals surface area contributed by atoms with E-state index in [-0.39, 0.29) is 16.6 Å². The first-order valence-corrected chi connectivity index (χ1v) is 8.20. The molecule has 7 nitrogen and oxygen atoms in total. The number of para-hydroxylation sites is 1. The number of benzene rings is 1. The van der Waals surface area contributed by atoms with Crippen molar-refractivity contribution in [2.45, 2.75) is 17.9 Å². The summed E-state index contributed by atoms with van der Waals surface area (Å²) in [5, 5.41) is 14.4. The van der Waals surface area contributed by atoms with Crippen LogP contribution in [-0.2, 0) is 9.84 Å². The second-order valence-corrected chi connectivity index (χ2v) is 6.74. The van der Waals surface area contributed by atoms with E-state index in [0.29, 0.717) is 12.2 Å². The fourth-order valence-electron chi connectivity index (χ4n) is 2.34. The number of hydrogen-bond acceptors (Lipinski definition) is 6. The molecular formula is C12H17N3O4S. The molecule has 0 aliphatic carbocycles. The van der Waals surface area contributed by atoms with Gasteiger partial charge in [-0.2, -0.15) is 0 Å². The highest BCUT2D eigenvalue weighted by Crippen LogP contribution is 2.35. The largest absolute Gasteiger partial charge is 0.361 e. The maximum Gasteiger partial charge on any atom is 0.311 e. The average Bonchev–Trinajstić information content (AvgIpc) is 2.31. The molecule has 1 saturated heterocycles. The zero-order valence-electron chi connectivity index (χ0n) is 11.4. The minimum absolute atomic E-state index is 0.161. The summed E-state index contributed by atoms with van der Waals surface area (Å²) in [7, 11) is -3.64. The van der Waals surface area contributed by atoms with Crippen LogP contribution in [0.3, 0.4) is 0 Å². The van der Waals surface area contributed by atoms with Gasteiger partial charge in [-0.1, -0.05) is 6.07 Å². The minimum Gasteiger partial charge on any atom is -0.361 e. The lowest BCUT2D eigenvalue weighted by atomic mass is 10.1. The molecule has 1 aromatic rings. The Morgan fingerprint density at radius 1 is 1.45 bits per heavy atom. The van der Waals surface area contributed by atoms with Gasteiger partial charge in [-0.25, -0.2) is 8.42 Å². The van der Waals surface area contributed by atoms with Gasteiger partial charge in [0.25, 0.3) is 0 Å². The number of sulfone groups is 1. The van der Waals surface area contributed by atoms with E-state index in [2.05, 4.69) is 5.32 Å². The van der Waals surface area contributed by atoms with Crippen LogP contribution in [0.4, 0.5) is 11.4 Å². The molecule has 110 valence electrons. The molecule has 1 heterocycles. The Morgan fingerprint density at radius 2 is 2.10 bits per heavy atom. The van der Waals surface area contributed by atoms with Gasteiger partial charge in [0.2, 0.25) is 0 Å². The van der Waals surface area contributed by atoms with Gasteiger partial charge in [0, 0.05) is 25.9 Å². The van der Waals surface area contributed by atoms with E-state index in [1.54, 1.807) is 12.1 Å². The van der Waals surface area contributed by atoms with E-state index >= 15 is 0 Å². The number of nitro benzene ring substituents is 1. The van der Waals surface area contributed by atoms with Gasteiger partial charge in [0.15, 0.2) is 9.84 Å². The molecule has 1 fully saturated rings. The third-order valence-corrected chi connectivity index (χ3v) is 4.54. The highest BCUT2D eigenvalue weighted by atomic mass is 32.2. The summed E-state index contributed by atoms with van der Waals surface area (Å²) in [6, 6.07) is 4.60. The molecule has 0 bridgehead atoms. The fraction of sp³-hybridized carbons (Fsp3) is 0.500. The van der Waals surface area contributed by atoms with E-state index in [9.17, 15) is 18.5 Å². The number of anilines is 1. The highest BCUT2D eigenvalue weighted by molar-refractivity contribution is 7.90. The van der Waals surface area contributed by atoms with Crippen LogP contribution in [0.2, 0.25) is 0 Å². The number of nitro groups is 1. The van der Waals surface area contributed by atoms with Crippen molar-refractivity contribution >= 4 is 21.2 Å². The lowest BCUT2D eigenvalue weighted by molar-refractivity contribution is -0.387. The Bertz CT molecular complexity index is 626.